The third kappa shape index (κ3) is 2.12. The SMILES string of the molecule is Cn1cc(NC2CS(=O)(=O)c3ccccc32)ccc1=O. The van der Waals surface area contributed by atoms with Gasteiger partial charge in [0, 0.05) is 19.3 Å². The number of hydrogen-bond donors (Lipinski definition) is 1. The second-order valence-electron chi connectivity index (χ2n) is 4.88. The molecule has 0 aliphatic carbocycles. The number of aryl methyl sites for hydroxylation is 1. The number of benzene rings is 1. The van der Waals surface area contributed by atoms with Crippen LogP contribution in [0.15, 0.2) is 52.3 Å². The second-order valence-corrected chi connectivity index (χ2v) is 6.89. The topological polar surface area (TPSA) is 68.2 Å². The lowest BCUT2D eigenvalue weighted by Gasteiger charge is -2.14. The minimum Gasteiger partial charge on any atom is -0.376 e. The standard InChI is InChI=1S/C14H14N2O3S/c1-16-8-10(6-7-14(16)17)15-12-9-20(18,19)13-5-3-2-4-11(12)13/h2-8,12,15H,9H2,1H3. The summed E-state index contributed by atoms with van der Waals surface area (Å²) >= 11 is 0. The molecule has 1 atom stereocenters. The van der Waals surface area contributed by atoms with Crippen molar-refractivity contribution in [2.75, 3.05) is 11.1 Å². The molecule has 0 spiro atoms. The van der Waals surface area contributed by atoms with Gasteiger partial charge in [-0.1, -0.05) is 18.2 Å². The van der Waals surface area contributed by atoms with Crippen LogP contribution < -0.4 is 10.9 Å². The van der Waals surface area contributed by atoms with Crippen molar-refractivity contribution in [1.82, 2.24) is 4.57 Å². The fourth-order valence-electron chi connectivity index (χ4n) is 2.45. The Hall–Kier alpha value is -2.08. The van der Waals surface area contributed by atoms with E-state index in [2.05, 4.69) is 5.32 Å². The minimum atomic E-state index is -3.22. The highest BCUT2D eigenvalue weighted by molar-refractivity contribution is 7.91. The van der Waals surface area contributed by atoms with Gasteiger partial charge in [-0.15, -0.1) is 0 Å². The van der Waals surface area contributed by atoms with Crippen LogP contribution in [-0.4, -0.2) is 18.7 Å². The van der Waals surface area contributed by atoms with E-state index >= 15 is 0 Å². The van der Waals surface area contributed by atoms with E-state index in [0.717, 1.165) is 11.3 Å². The summed E-state index contributed by atoms with van der Waals surface area (Å²) in [5.74, 6) is 0.0369. The summed E-state index contributed by atoms with van der Waals surface area (Å²) in [6.07, 6.45) is 1.66. The summed E-state index contributed by atoms with van der Waals surface area (Å²) in [5, 5.41) is 3.18. The van der Waals surface area contributed by atoms with E-state index in [9.17, 15) is 13.2 Å². The molecule has 0 amide bonds. The molecule has 6 heteroatoms. The number of sulfone groups is 1. The molecule has 104 valence electrons. The van der Waals surface area contributed by atoms with Crippen LogP contribution in [0.1, 0.15) is 11.6 Å². The molecule has 0 radical (unpaired) electrons. The van der Waals surface area contributed by atoms with E-state index in [0.29, 0.717) is 4.90 Å². The zero-order valence-electron chi connectivity index (χ0n) is 10.9. The Morgan fingerprint density at radius 3 is 2.70 bits per heavy atom. The summed E-state index contributed by atoms with van der Waals surface area (Å²) in [5.41, 5.74) is 1.40. The van der Waals surface area contributed by atoms with Crippen LogP contribution in [0.4, 0.5) is 5.69 Å². The average molecular weight is 290 g/mol. The van der Waals surface area contributed by atoms with Gasteiger partial charge in [-0.25, -0.2) is 8.42 Å². The number of hydrogen-bond acceptors (Lipinski definition) is 4. The Balaban J connectivity index is 1.97. The van der Waals surface area contributed by atoms with Gasteiger partial charge in [0.1, 0.15) is 0 Å². The van der Waals surface area contributed by atoms with Gasteiger partial charge < -0.3 is 9.88 Å². The molecule has 1 unspecified atom stereocenters. The highest BCUT2D eigenvalue weighted by atomic mass is 32.2. The van der Waals surface area contributed by atoms with Gasteiger partial charge in [-0.3, -0.25) is 4.79 Å². The molecule has 2 heterocycles. The lowest BCUT2D eigenvalue weighted by molar-refractivity contribution is 0.598. The average Bonchev–Trinajstić information content (AvgIpc) is 2.66. The van der Waals surface area contributed by atoms with Crippen molar-refractivity contribution in [3.63, 3.8) is 0 Å². The first-order valence-electron chi connectivity index (χ1n) is 6.22. The Kier molecular flexibility index (Phi) is 2.90. The van der Waals surface area contributed by atoms with E-state index in [4.69, 9.17) is 0 Å². The molecule has 2 aromatic rings. The predicted octanol–water partition coefficient (Wildman–Crippen LogP) is 1.33. The molecule has 1 aliphatic heterocycles. The third-order valence-electron chi connectivity index (χ3n) is 3.44. The van der Waals surface area contributed by atoms with Crippen LogP contribution in [0.2, 0.25) is 0 Å². The van der Waals surface area contributed by atoms with E-state index in [-0.39, 0.29) is 17.4 Å². The molecule has 0 fully saturated rings. The molecule has 1 N–H and O–H groups in total. The summed E-state index contributed by atoms with van der Waals surface area (Å²) in [4.78, 5) is 11.7. The van der Waals surface area contributed by atoms with E-state index < -0.39 is 9.84 Å². The summed E-state index contributed by atoms with van der Waals surface area (Å²) < 4.78 is 25.6. The Labute approximate surface area is 116 Å². The number of anilines is 1. The van der Waals surface area contributed by atoms with Crippen LogP contribution in [0.5, 0.6) is 0 Å². The van der Waals surface area contributed by atoms with E-state index in [1.165, 1.54) is 10.6 Å². The maximum absolute atomic E-state index is 12.1. The summed E-state index contributed by atoms with van der Waals surface area (Å²) in [6.45, 7) is 0. The number of rotatable bonds is 2. The molecule has 5 nitrogen and oxygen atoms in total. The lowest BCUT2D eigenvalue weighted by atomic mass is 10.1. The number of fused-ring (bicyclic) bond motifs is 1. The molecule has 1 aromatic heterocycles. The molecule has 0 saturated heterocycles. The summed E-state index contributed by atoms with van der Waals surface area (Å²) in [6, 6.07) is 9.84. The maximum Gasteiger partial charge on any atom is 0.250 e. The number of nitrogens with one attached hydrogen (secondary N) is 1. The van der Waals surface area contributed by atoms with Crippen molar-refractivity contribution in [3.8, 4) is 0 Å². The van der Waals surface area contributed by atoms with Crippen LogP contribution in [0.3, 0.4) is 0 Å². The van der Waals surface area contributed by atoms with Gasteiger partial charge in [0.15, 0.2) is 9.84 Å². The number of pyridine rings is 1. The number of nitrogens with zero attached hydrogens (tertiary/aromatic N) is 1. The van der Waals surface area contributed by atoms with Crippen molar-refractivity contribution in [2.24, 2.45) is 7.05 Å². The molecule has 20 heavy (non-hydrogen) atoms. The van der Waals surface area contributed by atoms with E-state index in [1.54, 1.807) is 31.4 Å². The maximum atomic E-state index is 12.1. The van der Waals surface area contributed by atoms with Crippen LogP contribution in [0, 0.1) is 0 Å². The monoisotopic (exact) mass is 290 g/mol. The van der Waals surface area contributed by atoms with Crippen molar-refractivity contribution in [3.05, 3.63) is 58.5 Å². The fraction of sp³-hybridized carbons (Fsp3) is 0.214. The highest BCUT2D eigenvalue weighted by Crippen LogP contribution is 2.34. The van der Waals surface area contributed by atoms with Crippen molar-refractivity contribution >= 4 is 15.5 Å². The molecule has 0 bridgehead atoms. The van der Waals surface area contributed by atoms with Gasteiger partial charge in [-0.2, -0.15) is 0 Å². The normalized spacial score (nSPS) is 19.6. The Morgan fingerprint density at radius 2 is 1.95 bits per heavy atom. The van der Waals surface area contributed by atoms with Gasteiger partial charge in [0.2, 0.25) is 5.56 Å². The van der Waals surface area contributed by atoms with Crippen LogP contribution in [-0.2, 0) is 16.9 Å². The highest BCUT2D eigenvalue weighted by Gasteiger charge is 2.34. The largest absolute Gasteiger partial charge is 0.376 e. The first-order chi connectivity index (χ1) is 9.47. The number of aromatic nitrogens is 1. The zero-order chi connectivity index (χ0) is 14.3. The van der Waals surface area contributed by atoms with E-state index in [1.807, 2.05) is 12.1 Å². The van der Waals surface area contributed by atoms with Crippen molar-refractivity contribution < 1.29 is 8.42 Å². The van der Waals surface area contributed by atoms with Crippen LogP contribution in [0.25, 0.3) is 0 Å². The lowest BCUT2D eigenvalue weighted by Crippen LogP contribution is -2.18. The molecular weight excluding hydrogens is 276 g/mol. The fourth-order valence-corrected chi connectivity index (χ4v) is 4.19. The zero-order valence-corrected chi connectivity index (χ0v) is 11.7. The quantitative estimate of drug-likeness (QED) is 0.906. The van der Waals surface area contributed by atoms with Gasteiger partial charge >= 0.3 is 0 Å². The summed E-state index contributed by atoms with van der Waals surface area (Å²) in [7, 11) is -1.56. The van der Waals surface area contributed by atoms with Gasteiger partial charge in [0.05, 0.1) is 22.4 Å². The molecule has 3 rings (SSSR count). The first kappa shape index (κ1) is 12.9. The van der Waals surface area contributed by atoms with Gasteiger partial charge in [-0.05, 0) is 17.7 Å². The predicted molar refractivity (Wildman–Crippen MR) is 76.5 cm³/mol. The molecule has 0 saturated carbocycles. The van der Waals surface area contributed by atoms with Gasteiger partial charge in [0.25, 0.3) is 0 Å². The first-order valence-corrected chi connectivity index (χ1v) is 7.87. The molecular formula is C14H14N2O3S. The molecule has 1 aliphatic rings. The van der Waals surface area contributed by atoms with Crippen molar-refractivity contribution in [1.29, 1.82) is 0 Å². The second kappa shape index (κ2) is 4.49. The Morgan fingerprint density at radius 1 is 1.20 bits per heavy atom. The van der Waals surface area contributed by atoms with Crippen LogP contribution >= 0.6 is 0 Å². The Bertz CT molecular complexity index is 824. The molecule has 1 aromatic carbocycles. The smallest absolute Gasteiger partial charge is 0.250 e. The third-order valence-corrected chi connectivity index (χ3v) is 5.26. The van der Waals surface area contributed by atoms with Crippen molar-refractivity contribution in [2.45, 2.75) is 10.9 Å². The minimum absolute atomic E-state index is 0.0369.